The molecule has 0 aromatic rings. The average molecular weight is 432 g/mol. The van der Waals surface area contributed by atoms with Gasteiger partial charge in [-0.3, -0.25) is 4.79 Å². The van der Waals surface area contributed by atoms with Gasteiger partial charge >= 0.3 is 18.1 Å². The Morgan fingerprint density at radius 3 is 2.24 bits per heavy atom. The number of aliphatic carboxylic acids is 1. The maximum atomic E-state index is 12.9. The number of carbonyl (C=O) groups excluding carboxylic acids is 2. The summed E-state index contributed by atoms with van der Waals surface area (Å²) >= 11 is 0. The van der Waals surface area contributed by atoms with E-state index in [9.17, 15) is 27.9 Å². The van der Waals surface area contributed by atoms with Crippen LogP contribution >= 0.6 is 0 Å². The quantitative estimate of drug-likeness (QED) is 0.656. The number of carbonyl (C=O) groups is 3. The number of rotatable bonds is 3. The summed E-state index contributed by atoms with van der Waals surface area (Å²) in [6.45, 7) is 6.65. The Labute approximate surface area is 170 Å². The minimum absolute atomic E-state index is 0.0438. The lowest BCUT2D eigenvalue weighted by Gasteiger charge is -2.37. The summed E-state index contributed by atoms with van der Waals surface area (Å²) in [6.07, 6.45) is 0.585. The van der Waals surface area contributed by atoms with E-state index in [1.807, 2.05) is 0 Å². The van der Waals surface area contributed by atoms with Crippen molar-refractivity contribution in [2.24, 2.45) is 0 Å². The third kappa shape index (κ3) is 4.42. The number of amides is 3. The van der Waals surface area contributed by atoms with Gasteiger partial charge in [0.25, 0.3) is 0 Å². The second-order valence-electron chi connectivity index (χ2n) is 8.78. The van der Waals surface area contributed by atoms with Crippen molar-refractivity contribution in [2.45, 2.75) is 50.9 Å². The summed E-state index contributed by atoms with van der Waals surface area (Å²) in [5, 5.41) is 9.39. The fourth-order valence-electron chi connectivity index (χ4n) is 4.13. The van der Waals surface area contributed by atoms with Crippen LogP contribution in [0.3, 0.4) is 0 Å². The van der Waals surface area contributed by atoms with Gasteiger partial charge in [0.15, 0.2) is 0 Å². The highest BCUT2D eigenvalue weighted by Gasteiger charge is 2.50. The van der Waals surface area contributed by atoms with Gasteiger partial charge in [-0.05, 0) is 27.2 Å². The minimum Gasteiger partial charge on any atom is -0.480 e. The normalized spacial score (nSPS) is 28.6. The summed E-state index contributed by atoms with van der Waals surface area (Å²) in [5.74, 6) is -1.22. The molecule has 0 aliphatic carbocycles. The Morgan fingerprint density at radius 1 is 1.07 bits per heavy atom. The van der Waals surface area contributed by atoms with Crippen molar-refractivity contribution in [2.75, 3.05) is 39.0 Å². The van der Waals surface area contributed by atoms with Gasteiger partial charge in [0.1, 0.15) is 11.6 Å². The van der Waals surface area contributed by atoms with Crippen LogP contribution in [0, 0.1) is 0 Å². The first-order valence-corrected chi connectivity index (χ1v) is 11.4. The number of urea groups is 1. The Morgan fingerprint density at radius 2 is 1.72 bits per heavy atom. The van der Waals surface area contributed by atoms with E-state index in [0.717, 1.165) is 10.6 Å². The van der Waals surface area contributed by atoms with E-state index in [1.54, 1.807) is 35.5 Å². The highest BCUT2D eigenvalue weighted by Crippen LogP contribution is 2.30. The predicted molar refractivity (Wildman–Crippen MR) is 102 cm³/mol. The molecule has 0 aromatic carbocycles. The van der Waals surface area contributed by atoms with E-state index >= 15 is 0 Å². The molecule has 0 unspecified atom stereocenters. The van der Waals surface area contributed by atoms with Gasteiger partial charge in [-0.2, -0.15) is 4.31 Å². The van der Waals surface area contributed by atoms with Gasteiger partial charge < -0.3 is 24.5 Å². The molecule has 0 bridgehead atoms. The number of nitrogens with zero attached hydrogens (tertiary/aromatic N) is 4. The number of ether oxygens (including phenoxy) is 1. The van der Waals surface area contributed by atoms with E-state index < -0.39 is 39.8 Å². The standard InChI is InChI=1S/C17H28N4O7S/c1-17(2,3)28-16(25)18-5-6-19-12(8-18)9-20(15(19)24)11-7-13(14(22)23)21(10-11)29(4,26)27/h11-13H,5-10H2,1-4H3,(H,22,23)/t11-,12-,13+/m0/s1. The van der Waals surface area contributed by atoms with Gasteiger partial charge in [-0.25, -0.2) is 18.0 Å². The predicted octanol–water partition coefficient (Wildman–Crippen LogP) is -0.170. The highest BCUT2D eigenvalue weighted by atomic mass is 32.2. The van der Waals surface area contributed by atoms with Crippen LogP contribution in [-0.4, -0.2) is 113 Å². The molecule has 3 saturated heterocycles. The Balaban J connectivity index is 1.70. The molecule has 3 heterocycles. The minimum atomic E-state index is -3.71. The van der Waals surface area contributed by atoms with Crippen LogP contribution in [0.5, 0.6) is 0 Å². The molecule has 3 fully saturated rings. The Hall–Kier alpha value is -2.08. The highest BCUT2D eigenvalue weighted by molar-refractivity contribution is 7.88. The van der Waals surface area contributed by atoms with Crippen molar-refractivity contribution in [3.05, 3.63) is 0 Å². The van der Waals surface area contributed by atoms with E-state index in [4.69, 9.17) is 4.74 Å². The maximum Gasteiger partial charge on any atom is 0.410 e. The molecule has 1 N–H and O–H groups in total. The molecule has 29 heavy (non-hydrogen) atoms. The lowest BCUT2D eigenvalue weighted by molar-refractivity contribution is -0.140. The second kappa shape index (κ2) is 7.31. The van der Waals surface area contributed by atoms with Crippen molar-refractivity contribution in [1.29, 1.82) is 0 Å². The van der Waals surface area contributed by atoms with Crippen molar-refractivity contribution in [3.8, 4) is 0 Å². The lowest BCUT2D eigenvalue weighted by atomic mass is 10.1. The molecule has 3 aliphatic heterocycles. The first kappa shape index (κ1) is 21.6. The van der Waals surface area contributed by atoms with Crippen molar-refractivity contribution >= 4 is 28.1 Å². The number of fused-ring (bicyclic) bond motifs is 1. The van der Waals surface area contributed by atoms with Gasteiger partial charge in [0.2, 0.25) is 10.0 Å². The van der Waals surface area contributed by atoms with E-state index in [0.29, 0.717) is 26.2 Å². The molecule has 164 valence electrons. The molecule has 0 spiro atoms. The molecule has 3 rings (SSSR count). The topological polar surface area (TPSA) is 128 Å². The first-order chi connectivity index (χ1) is 13.3. The molecule has 0 aromatic heterocycles. The maximum absolute atomic E-state index is 12.9. The number of piperazine rings is 1. The molecule has 3 amide bonds. The first-order valence-electron chi connectivity index (χ1n) is 9.52. The summed E-state index contributed by atoms with van der Waals surface area (Å²) in [4.78, 5) is 41.5. The van der Waals surface area contributed by atoms with Gasteiger partial charge in [-0.1, -0.05) is 0 Å². The van der Waals surface area contributed by atoms with Gasteiger partial charge in [0.05, 0.1) is 12.3 Å². The van der Waals surface area contributed by atoms with Crippen LogP contribution in [-0.2, 0) is 19.6 Å². The summed E-state index contributed by atoms with van der Waals surface area (Å²) in [7, 11) is -3.71. The SMILES string of the molecule is CC(C)(C)OC(=O)N1CCN2C(=O)N([C@H]3C[C@H](C(=O)O)N(S(C)(=O)=O)C3)C[C@@H]2C1. The van der Waals surface area contributed by atoms with E-state index in [-0.39, 0.29) is 25.0 Å². The summed E-state index contributed by atoms with van der Waals surface area (Å²) in [6, 6.07) is -2.18. The zero-order chi connectivity index (χ0) is 21.7. The molecule has 0 radical (unpaired) electrons. The zero-order valence-corrected chi connectivity index (χ0v) is 17.9. The van der Waals surface area contributed by atoms with Crippen molar-refractivity contribution in [3.63, 3.8) is 0 Å². The van der Waals surface area contributed by atoms with Crippen LogP contribution in [0.4, 0.5) is 9.59 Å². The smallest absolute Gasteiger partial charge is 0.410 e. The summed E-state index contributed by atoms with van der Waals surface area (Å²) < 4.78 is 30.3. The molecule has 3 atom stereocenters. The molecule has 11 nitrogen and oxygen atoms in total. The summed E-state index contributed by atoms with van der Waals surface area (Å²) in [5.41, 5.74) is -0.615. The van der Waals surface area contributed by atoms with Gasteiger partial charge in [-0.15, -0.1) is 0 Å². The fourth-order valence-corrected chi connectivity index (χ4v) is 5.21. The van der Waals surface area contributed by atoms with Gasteiger partial charge in [0, 0.05) is 38.8 Å². The molecule has 12 heteroatoms. The number of carboxylic acids is 1. The van der Waals surface area contributed by atoms with Crippen LogP contribution in [0.25, 0.3) is 0 Å². The molecular weight excluding hydrogens is 404 g/mol. The fraction of sp³-hybridized carbons (Fsp3) is 0.824. The lowest BCUT2D eigenvalue weighted by Crippen LogP contribution is -2.54. The van der Waals surface area contributed by atoms with Crippen molar-refractivity contribution < 1.29 is 32.6 Å². The number of hydrogen-bond acceptors (Lipinski definition) is 6. The number of sulfonamides is 1. The third-order valence-electron chi connectivity index (χ3n) is 5.42. The van der Waals surface area contributed by atoms with E-state index in [1.165, 1.54) is 0 Å². The van der Waals surface area contributed by atoms with Crippen LogP contribution in [0.1, 0.15) is 27.2 Å². The van der Waals surface area contributed by atoms with E-state index in [2.05, 4.69) is 0 Å². The van der Waals surface area contributed by atoms with Crippen LogP contribution < -0.4 is 0 Å². The van der Waals surface area contributed by atoms with Crippen molar-refractivity contribution in [1.82, 2.24) is 19.0 Å². The largest absolute Gasteiger partial charge is 0.480 e. The van der Waals surface area contributed by atoms with Crippen LogP contribution in [0.2, 0.25) is 0 Å². The second-order valence-corrected chi connectivity index (χ2v) is 10.7. The molecule has 0 saturated carbocycles. The Bertz CT molecular complexity index is 809. The monoisotopic (exact) mass is 432 g/mol. The third-order valence-corrected chi connectivity index (χ3v) is 6.67. The zero-order valence-electron chi connectivity index (χ0n) is 17.1. The number of hydrogen-bond donors (Lipinski definition) is 1. The molecule has 3 aliphatic rings. The Kier molecular flexibility index (Phi) is 5.45. The van der Waals surface area contributed by atoms with Crippen LogP contribution in [0.15, 0.2) is 0 Å². The molecular formula is C17H28N4O7S. The average Bonchev–Trinajstić information content (AvgIpc) is 3.15. The number of carboxylic acid groups (broad SMARTS) is 1.